The Morgan fingerprint density at radius 3 is 2.58 bits per heavy atom. The molecule has 0 bridgehead atoms. The van der Waals surface area contributed by atoms with Gasteiger partial charge in [0.25, 0.3) is 11.1 Å². The summed E-state index contributed by atoms with van der Waals surface area (Å²) in [5.74, 6) is -0.875. The van der Waals surface area contributed by atoms with Gasteiger partial charge in [0.2, 0.25) is 5.91 Å². The van der Waals surface area contributed by atoms with Gasteiger partial charge in [-0.2, -0.15) is 0 Å². The van der Waals surface area contributed by atoms with Crippen LogP contribution >= 0.6 is 11.8 Å². The van der Waals surface area contributed by atoms with E-state index in [9.17, 15) is 18.8 Å². The molecule has 3 amide bonds. The van der Waals surface area contributed by atoms with Crippen molar-refractivity contribution in [3.05, 3.63) is 70.4 Å². The summed E-state index contributed by atoms with van der Waals surface area (Å²) in [5, 5.41) is 5.39. The van der Waals surface area contributed by atoms with Crippen LogP contribution in [0.2, 0.25) is 0 Å². The number of carbonyl (C=O) groups excluding carboxylic acids is 3. The van der Waals surface area contributed by atoms with E-state index in [1.807, 2.05) is 24.3 Å². The van der Waals surface area contributed by atoms with Crippen LogP contribution < -0.4 is 10.6 Å². The van der Waals surface area contributed by atoms with Crippen LogP contribution in [0.4, 0.5) is 14.9 Å². The van der Waals surface area contributed by atoms with Crippen molar-refractivity contribution in [2.45, 2.75) is 19.8 Å². The van der Waals surface area contributed by atoms with Crippen LogP contribution in [-0.4, -0.2) is 41.6 Å². The molecule has 0 saturated carbocycles. The van der Waals surface area contributed by atoms with Gasteiger partial charge in [-0.3, -0.25) is 19.3 Å². The van der Waals surface area contributed by atoms with Gasteiger partial charge >= 0.3 is 0 Å². The summed E-state index contributed by atoms with van der Waals surface area (Å²) in [5.41, 5.74) is 2.26. The first-order valence-corrected chi connectivity index (χ1v) is 10.8. The highest BCUT2D eigenvalue weighted by Crippen LogP contribution is 2.32. The van der Waals surface area contributed by atoms with Crippen molar-refractivity contribution in [1.29, 1.82) is 0 Å². The zero-order valence-electron chi connectivity index (χ0n) is 17.4. The van der Waals surface area contributed by atoms with E-state index in [4.69, 9.17) is 0 Å². The summed E-state index contributed by atoms with van der Waals surface area (Å²) in [4.78, 5) is 38.0. The van der Waals surface area contributed by atoms with Gasteiger partial charge in [0, 0.05) is 24.3 Å². The third-order valence-corrected chi connectivity index (χ3v) is 5.65. The number of halogens is 1. The minimum atomic E-state index is -0.489. The predicted molar refractivity (Wildman–Crippen MR) is 121 cm³/mol. The molecule has 0 radical (unpaired) electrons. The van der Waals surface area contributed by atoms with E-state index in [-0.39, 0.29) is 36.0 Å². The molecular weight excluding hydrogens is 417 g/mol. The molecule has 1 aliphatic heterocycles. The number of thioether (sulfide) groups is 1. The number of rotatable bonds is 8. The Balaban J connectivity index is 1.50. The van der Waals surface area contributed by atoms with Gasteiger partial charge in [0.1, 0.15) is 5.82 Å². The molecule has 0 aliphatic carbocycles. The lowest BCUT2D eigenvalue weighted by molar-refractivity contribution is -0.123. The molecule has 0 spiro atoms. The van der Waals surface area contributed by atoms with Crippen LogP contribution in [0.15, 0.2) is 53.4 Å². The summed E-state index contributed by atoms with van der Waals surface area (Å²) in [6, 6.07) is 13.8. The molecule has 162 valence electrons. The molecule has 1 saturated heterocycles. The first-order chi connectivity index (χ1) is 14.9. The molecule has 1 fully saturated rings. The summed E-state index contributed by atoms with van der Waals surface area (Å²) in [6.45, 7) is 4.43. The SMILES string of the molecule is CC(C)c1ccccc1NCC(=O)NCCN1C(=O)SC(=Cc2ccccc2F)C1=O. The number of anilines is 1. The average Bonchev–Trinajstić information content (AvgIpc) is 3.01. The van der Waals surface area contributed by atoms with Crippen molar-refractivity contribution in [2.75, 3.05) is 25.0 Å². The summed E-state index contributed by atoms with van der Waals surface area (Å²) in [7, 11) is 0. The highest BCUT2D eigenvalue weighted by molar-refractivity contribution is 8.18. The van der Waals surface area contributed by atoms with Crippen LogP contribution in [0.5, 0.6) is 0 Å². The quantitative estimate of drug-likeness (QED) is 0.600. The molecule has 31 heavy (non-hydrogen) atoms. The van der Waals surface area contributed by atoms with E-state index >= 15 is 0 Å². The number of hydrogen-bond donors (Lipinski definition) is 2. The second kappa shape index (κ2) is 10.3. The predicted octanol–water partition coefficient (Wildman–Crippen LogP) is 4.21. The number of amides is 3. The van der Waals surface area contributed by atoms with Crippen LogP contribution in [0.25, 0.3) is 6.08 Å². The van der Waals surface area contributed by atoms with Crippen molar-refractivity contribution in [3.63, 3.8) is 0 Å². The highest BCUT2D eigenvalue weighted by atomic mass is 32.2. The van der Waals surface area contributed by atoms with E-state index in [0.29, 0.717) is 5.92 Å². The van der Waals surface area contributed by atoms with Crippen molar-refractivity contribution in [2.24, 2.45) is 0 Å². The molecule has 0 atom stereocenters. The summed E-state index contributed by atoms with van der Waals surface area (Å²) >= 11 is 0.763. The number of benzene rings is 2. The Hall–Kier alpha value is -3.13. The molecule has 1 aliphatic rings. The smallest absolute Gasteiger partial charge is 0.293 e. The van der Waals surface area contributed by atoms with Crippen molar-refractivity contribution < 1.29 is 18.8 Å². The maximum Gasteiger partial charge on any atom is 0.293 e. The van der Waals surface area contributed by atoms with Crippen LogP contribution in [0, 0.1) is 5.82 Å². The van der Waals surface area contributed by atoms with Crippen molar-refractivity contribution >= 4 is 40.6 Å². The van der Waals surface area contributed by atoms with E-state index in [2.05, 4.69) is 24.5 Å². The van der Waals surface area contributed by atoms with Crippen LogP contribution in [-0.2, 0) is 9.59 Å². The molecule has 1 heterocycles. The topological polar surface area (TPSA) is 78.5 Å². The maximum atomic E-state index is 13.8. The van der Waals surface area contributed by atoms with Gasteiger partial charge in [0.05, 0.1) is 11.4 Å². The Labute approximate surface area is 184 Å². The van der Waals surface area contributed by atoms with E-state index in [1.165, 1.54) is 18.2 Å². The van der Waals surface area contributed by atoms with Gasteiger partial charge in [-0.15, -0.1) is 0 Å². The fourth-order valence-corrected chi connectivity index (χ4v) is 3.99. The van der Waals surface area contributed by atoms with Crippen LogP contribution in [0.1, 0.15) is 30.9 Å². The first kappa shape index (κ1) is 22.6. The Bertz CT molecular complexity index is 1020. The molecular formula is C23H24FN3O3S. The van der Waals surface area contributed by atoms with Crippen molar-refractivity contribution in [1.82, 2.24) is 10.2 Å². The van der Waals surface area contributed by atoms with Gasteiger partial charge in [-0.25, -0.2) is 4.39 Å². The summed E-state index contributed by atoms with van der Waals surface area (Å²) < 4.78 is 13.8. The molecule has 2 N–H and O–H groups in total. The van der Waals surface area contributed by atoms with E-state index < -0.39 is 17.0 Å². The second-order valence-corrected chi connectivity index (χ2v) is 8.29. The monoisotopic (exact) mass is 441 g/mol. The lowest BCUT2D eigenvalue weighted by Gasteiger charge is -2.15. The fourth-order valence-electron chi connectivity index (χ4n) is 3.13. The Morgan fingerprint density at radius 2 is 1.84 bits per heavy atom. The number of nitrogens with zero attached hydrogens (tertiary/aromatic N) is 1. The largest absolute Gasteiger partial charge is 0.376 e. The van der Waals surface area contributed by atoms with Crippen molar-refractivity contribution in [3.8, 4) is 0 Å². The van der Waals surface area contributed by atoms with E-state index in [0.717, 1.165) is 27.9 Å². The first-order valence-electron chi connectivity index (χ1n) is 9.96. The lowest BCUT2D eigenvalue weighted by Crippen LogP contribution is -2.39. The number of para-hydroxylation sites is 1. The normalized spacial score (nSPS) is 15.1. The number of hydrogen-bond acceptors (Lipinski definition) is 5. The fraction of sp³-hybridized carbons (Fsp3) is 0.261. The van der Waals surface area contributed by atoms with Gasteiger partial charge < -0.3 is 10.6 Å². The molecule has 0 unspecified atom stereocenters. The minimum absolute atomic E-state index is 0.0492. The number of imide groups is 1. The summed E-state index contributed by atoms with van der Waals surface area (Å²) in [6.07, 6.45) is 1.37. The van der Waals surface area contributed by atoms with Crippen LogP contribution in [0.3, 0.4) is 0 Å². The molecule has 3 rings (SSSR count). The second-order valence-electron chi connectivity index (χ2n) is 7.30. The average molecular weight is 442 g/mol. The zero-order valence-corrected chi connectivity index (χ0v) is 18.2. The maximum absolute atomic E-state index is 13.8. The molecule has 8 heteroatoms. The molecule has 6 nitrogen and oxygen atoms in total. The third kappa shape index (κ3) is 5.73. The Kier molecular flexibility index (Phi) is 7.46. The highest BCUT2D eigenvalue weighted by Gasteiger charge is 2.34. The standard InChI is InChI=1S/C23H24FN3O3S/c1-15(2)17-8-4-6-10-19(17)26-14-21(28)25-11-12-27-22(29)20(31-23(27)30)13-16-7-3-5-9-18(16)24/h3-10,13,15,26H,11-12,14H2,1-2H3,(H,25,28). The Morgan fingerprint density at radius 1 is 1.13 bits per heavy atom. The molecule has 2 aromatic rings. The number of nitrogens with one attached hydrogen (secondary N) is 2. The lowest BCUT2D eigenvalue weighted by atomic mass is 10.0. The minimum Gasteiger partial charge on any atom is -0.376 e. The number of carbonyl (C=O) groups is 3. The van der Waals surface area contributed by atoms with Gasteiger partial charge in [-0.05, 0) is 41.5 Å². The van der Waals surface area contributed by atoms with E-state index in [1.54, 1.807) is 12.1 Å². The third-order valence-electron chi connectivity index (χ3n) is 4.75. The zero-order chi connectivity index (χ0) is 22.4. The molecule has 0 aromatic heterocycles. The molecule has 2 aromatic carbocycles. The van der Waals surface area contributed by atoms with Gasteiger partial charge in [0.15, 0.2) is 0 Å². The van der Waals surface area contributed by atoms with Gasteiger partial charge in [-0.1, -0.05) is 50.2 Å².